The molecule has 0 aromatic carbocycles. The Kier molecular flexibility index (Phi) is 4.35. The van der Waals surface area contributed by atoms with Gasteiger partial charge in [-0.2, -0.15) is 0 Å². The third kappa shape index (κ3) is 2.42. The first-order valence-electron chi connectivity index (χ1n) is 6.72. The topological polar surface area (TPSA) is 66.8 Å². The number of likely N-dealkylation sites (tertiary alicyclic amines) is 1. The van der Waals surface area contributed by atoms with Gasteiger partial charge in [0.2, 0.25) is 11.8 Å². The quantitative estimate of drug-likeness (QED) is 0.551. The fourth-order valence-electron chi connectivity index (χ4n) is 3.07. The second-order valence-corrected chi connectivity index (χ2v) is 5.12. The molecule has 0 spiro atoms. The van der Waals surface area contributed by atoms with Gasteiger partial charge >= 0.3 is 0 Å². The van der Waals surface area contributed by atoms with Crippen LogP contribution < -0.4 is 0 Å². The molecule has 2 atom stereocenters. The zero-order valence-electron chi connectivity index (χ0n) is 10.8. The van der Waals surface area contributed by atoms with Gasteiger partial charge in [-0.25, -0.2) is 0 Å². The predicted octanol–water partition coefficient (Wildman–Crippen LogP) is 0.417. The fourth-order valence-corrected chi connectivity index (χ4v) is 3.07. The van der Waals surface area contributed by atoms with Gasteiger partial charge in [-0.3, -0.25) is 14.5 Å². The van der Waals surface area contributed by atoms with Crippen LogP contribution in [0.3, 0.4) is 0 Å². The summed E-state index contributed by atoms with van der Waals surface area (Å²) in [5, 5.41) is 8.58. The summed E-state index contributed by atoms with van der Waals surface area (Å²) in [4.78, 5) is 25.6. The Balaban J connectivity index is 1.88. The number of hydrogen-bond donors (Lipinski definition) is 1. The third-order valence-corrected chi connectivity index (χ3v) is 4.10. The number of carbonyl (C=O) groups is 2. The minimum absolute atomic E-state index is 0.0199. The van der Waals surface area contributed by atoms with Gasteiger partial charge in [0.15, 0.2) is 0 Å². The summed E-state index contributed by atoms with van der Waals surface area (Å²) in [6.07, 6.45) is 2.77. The highest BCUT2D eigenvalue weighted by molar-refractivity contribution is 6.05. The zero-order chi connectivity index (χ0) is 13.1. The highest BCUT2D eigenvalue weighted by Crippen LogP contribution is 2.44. The number of nitrogens with zero attached hydrogens (tertiary/aromatic N) is 1. The Hall–Kier alpha value is -0.940. The van der Waals surface area contributed by atoms with Gasteiger partial charge in [-0.1, -0.05) is 13.3 Å². The number of aliphatic hydroxyl groups excluding tert-OH is 1. The first-order valence-corrected chi connectivity index (χ1v) is 6.72. The highest BCUT2D eigenvalue weighted by atomic mass is 16.5. The second kappa shape index (κ2) is 5.80. The number of amides is 2. The van der Waals surface area contributed by atoms with Crippen molar-refractivity contribution in [1.29, 1.82) is 0 Å². The summed E-state index contributed by atoms with van der Waals surface area (Å²) in [7, 11) is 0. The molecule has 1 aliphatic heterocycles. The maximum Gasteiger partial charge on any atom is 0.233 e. The molecule has 0 aromatic rings. The van der Waals surface area contributed by atoms with Crippen molar-refractivity contribution in [3.05, 3.63) is 0 Å². The molecule has 2 amide bonds. The van der Waals surface area contributed by atoms with Crippen LogP contribution in [0.2, 0.25) is 0 Å². The molecule has 0 bridgehead atoms. The molecule has 5 nitrogen and oxygen atoms in total. The van der Waals surface area contributed by atoms with E-state index in [0.29, 0.717) is 19.1 Å². The maximum atomic E-state index is 12.1. The molecule has 2 rings (SSSR count). The maximum absolute atomic E-state index is 12.1. The van der Waals surface area contributed by atoms with Crippen LogP contribution in [-0.2, 0) is 14.3 Å². The normalized spacial score (nSPS) is 31.2. The van der Waals surface area contributed by atoms with Crippen molar-refractivity contribution in [2.75, 3.05) is 26.4 Å². The van der Waals surface area contributed by atoms with Crippen molar-refractivity contribution in [3.63, 3.8) is 0 Å². The number of aliphatic hydroxyl groups is 1. The lowest BCUT2D eigenvalue weighted by atomic mass is 10.00. The highest BCUT2D eigenvalue weighted by Gasteiger charge is 2.51. The molecular formula is C13H21NO4. The minimum Gasteiger partial charge on any atom is -0.394 e. The van der Waals surface area contributed by atoms with Crippen LogP contribution in [0, 0.1) is 17.8 Å². The van der Waals surface area contributed by atoms with Crippen LogP contribution in [-0.4, -0.2) is 48.2 Å². The summed E-state index contributed by atoms with van der Waals surface area (Å²) in [5.74, 6) is 0.323. The molecule has 1 heterocycles. The number of imide groups is 1. The van der Waals surface area contributed by atoms with Crippen molar-refractivity contribution in [2.45, 2.75) is 26.2 Å². The van der Waals surface area contributed by atoms with E-state index in [1.807, 2.05) is 0 Å². The molecule has 5 heteroatoms. The van der Waals surface area contributed by atoms with Crippen molar-refractivity contribution in [2.24, 2.45) is 17.8 Å². The summed E-state index contributed by atoms with van der Waals surface area (Å²) >= 11 is 0. The molecule has 0 radical (unpaired) electrons. The smallest absolute Gasteiger partial charge is 0.233 e. The Morgan fingerprint density at radius 3 is 2.33 bits per heavy atom. The Morgan fingerprint density at radius 1 is 1.22 bits per heavy atom. The molecule has 2 unspecified atom stereocenters. The van der Waals surface area contributed by atoms with Crippen molar-refractivity contribution >= 4 is 11.8 Å². The predicted molar refractivity (Wildman–Crippen MR) is 64.6 cm³/mol. The molecule has 0 aromatic heterocycles. The van der Waals surface area contributed by atoms with E-state index in [1.54, 1.807) is 0 Å². The van der Waals surface area contributed by atoms with Crippen LogP contribution >= 0.6 is 0 Å². The number of rotatable bonds is 6. The lowest BCUT2D eigenvalue weighted by Gasteiger charge is -2.17. The van der Waals surface area contributed by atoms with Crippen LogP contribution in [0.15, 0.2) is 0 Å². The second-order valence-electron chi connectivity index (χ2n) is 5.12. The number of carbonyl (C=O) groups excluding carboxylic acids is 2. The Labute approximate surface area is 107 Å². The van der Waals surface area contributed by atoms with Crippen molar-refractivity contribution in [1.82, 2.24) is 4.90 Å². The lowest BCUT2D eigenvalue weighted by Crippen LogP contribution is -2.35. The van der Waals surface area contributed by atoms with Gasteiger partial charge in [0.25, 0.3) is 0 Å². The molecule has 1 aliphatic carbocycles. The molecule has 2 fully saturated rings. The molecule has 1 saturated heterocycles. The average Bonchev–Trinajstić information content (AvgIpc) is 2.89. The molecular weight excluding hydrogens is 234 g/mol. The third-order valence-electron chi connectivity index (χ3n) is 4.10. The van der Waals surface area contributed by atoms with E-state index in [2.05, 4.69) is 6.92 Å². The van der Waals surface area contributed by atoms with E-state index in [9.17, 15) is 9.59 Å². The molecule has 1 saturated carbocycles. The van der Waals surface area contributed by atoms with Gasteiger partial charge in [0.05, 0.1) is 38.2 Å². The summed E-state index contributed by atoms with van der Waals surface area (Å²) in [6, 6.07) is 0. The fraction of sp³-hybridized carbons (Fsp3) is 0.846. The van der Waals surface area contributed by atoms with E-state index >= 15 is 0 Å². The number of ether oxygens (including phenoxy) is 1. The first-order chi connectivity index (χ1) is 8.69. The zero-order valence-corrected chi connectivity index (χ0v) is 10.8. The van der Waals surface area contributed by atoms with Gasteiger partial charge < -0.3 is 9.84 Å². The van der Waals surface area contributed by atoms with Crippen LogP contribution in [0.4, 0.5) is 0 Å². The summed E-state index contributed by atoms with van der Waals surface area (Å²) in [5.41, 5.74) is 0. The first kappa shape index (κ1) is 13.5. The van der Waals surface area contributed by atoms with Crippen LogP contribution in [0.25, 0.3) is 0 Å². The molecule has 2 aliphatic rings. The number of fused-ring (bicyclic) bond motifs is 1. The van der Waals surface area contributed by atoms with Gasteiger partial charge in [-0.15, -0.1) is 0 Å². The van der Waals surface area contributed by atoms with E-state index in [4.69, 9.17) is 9.84 Å². The monoisotopic (exact) mass is 255 g/mol. The SMILES string of the molecule is CCC1CC2C(=O)N(CCOCCO)C(=O)C2C1. The minimum atomic E-state index is -0.0831. The standard InChI is InChI=1S/C13H21NO4/c1-2-9-7-10-11(8-9)13(17)14(12(10)16)3-5-18-6-4-15/h9-11,15H,2-8H2,1H3. The van der Waals surface area contributed by atoms with Gasteiger partial charge in [0, 0.05) is 0 Å². The molecule has 102 valence electrons. The summed E-state index contributed by atoms with van der Waals surface area (Å²) in [6.45, 7) is 2.96. The Bertz CT molecular complexity index is 307. The molecule has 1 N–H and O–H groups in total. The van der Waals surface area contributed by atoms with E-state index in [-0.39, 0.29) is 36.9 Å². The van der Waals surface area contributed by atoms with Crippen molar-refractivity contribution < 1.29 is 19.4 Å². The number of hydrogen-bond acceptors (Lipinski definition) is 4. The average molecular weight is 255 g/mol. The van der Waals surface area contributed by atoms with E-state index in [0.717, 1.165) is 19.3 Å². The van der Waals surface area contributed by atoms with E-state index < -0.39 is 0 Å². The van der Waals surface area contributed by atoms with Crippen LogP contribution in [0.1, 0.15) is 26.2 Å². The molecule has 18 heavy (non-hydrogen) atoms. The van der Waals surface area contributed by atoms with Crippen molar-refractivity contribution in [3.8, 4) is 0 Å². The summed E-state index contributed by atoms with van der Waals surface area (Å²) < 4.78 is 5.11. The Morgan fingerprint density at radius 2 is 1.83 bits per heavy atom. The lowest BCUT2D eigenvalue weighted by molar-refractivity contribution is -0.141. The van der Waals surface area contributed by atoms with Gasteiger partial charge in [0.1, 0.15) is 0 Å². The van der Waals surface area contributed by atoms with Gasteiger partial charge in [-0.05, 0) is 18.8 Å². The van der Waals surface area contributed by atoms with E-state index in [1.165, 1.54) is 4.90 Å². The largest absolute Gasteiger partial charge is 0.394 e. The van der Waals surface area contributed by atoms with Crippen LogP contribution in [0.5, 0.6) is 0 Å².